The van der Waals surface area contributed by atoms with E-state index in [4.69, 9.17) is 0 Å². The van der Waals surface area contributed by atoms with Gasteiger partial charge in [0.15, 0.2) is 0 Å². The molecule has 1 spiro atoms. The van der Waals surface area contributed by atoms with Crippen molar-refractivity contribution < 1.29 is 8.78 Å². The first-order chi connectivity index (χ1) is 54.0. The van der Waals surface area contributed by atoms with Crippen LogP contribution in [0.4, 0.5) is 8.78 Å². The van der Waals surface area contributed by atoms with E-state index in [1.165, 1.54) is 167 Å². The van der Waals surface area contributed by atoms with Crippen LogP contribution in [0, 0.1) is 39.3 Å². The van der Waals surface area contributed by atoms with E-state index in [1.54, 1.807) is 6.07 Å². The lowest BCUT2D eigenvalue weighted by atomic mass is 9.70. The van der Waals surface area contributed by atoms with E-state index in [0.717, 1.165) is 44.2 Å². The summed E-state index contributed by atoms with van der Waals surface area (Å²) >= 11 is 0. The normalized spacial score (nSPS) is 12.2. The number of rotatable bonds is 3. The molecule has 0 aliphatic heterocycles. The summed E-state index contributed by atoms with van der Waals surface area (Å²) in [6.07, 6.45) is 0. The second-order valence-electron chi connectivity index (χ2n) is 29.2. The van der Waals surface area contributed by atoms with Crippen LogP contribution in [0.15, 0.2) is 370 Å². The number of para-hydroxylation sites is 5. The predicted octanol–water partition coefficient (Wildman–Crippen LogP) is 27.5. The van der Waals surface area contributed by atoms with Crippen molar-refractivity contribution in [2.45, 2.75) is 33.1 Å². The molecule has 2 aliphatic carbocycles. The van der Waals surface area contributed by atoms with Crippen molar-refractivity contribution in [2.24, 2.45) is 7.05 Å². The molecule has 4 aromatic heterocycles. The van der Waals surface area contributed by atoms with Crippen LogP contribution in [0.2, 0.25) is 0 Å². The van der Waals surface area contributed by atoms with Gasteiger partial charge in [-0.05, 0) is 227 Å². The summed E-state index contributed by atoms with van der Waals surface area (Å²) in [4.78, 5) is 0. The Bertz CT molecular complexity index is 7030. The largest absolute Gasteiger partial charge is 0.344 e. The average molecular weight is 1420 g/mol. The van der Waals surface area contributed by atoms with E-state index >= 15 is 0 Å². The van der Waals surface area contributed by atoms with Crippen molar-refractivity contribution in [1.29, 1.82) is 0 Å². The van der Waals surface area contributed by atoms with Crippen molar-refractivity contribution in [3.8, 4) is 39.3 Å². The summed E-state index contributed by atoms with van der Waals surface area (Å²) in [5.41, 5.74) is 28.8. The Morgan fingerprint density at radius 3 is 1.12 bits per heavy atom. The van der Waals surface area contributed by atoms with Gasteiger partial charge in [-0.15, -0.1) is 0 Å². The molecule has 0 saturated heterocycles. The highest BCUT2D eigenvalue weighted by Crippen LogP contribution is 2.64. The van der Waals surface area contributed by atoms with E-state index in [1.807, 2.05) is 42.5 Å². The zero-order valence-electron chi connectivity index (χ0n) is 61.8. The first kappa shape index (κ1) is 67.0. The van der Waals surface area contributed by atoms with Crippen molar-refractivity contribution >= 4 is 109 Å². The fourth-order valence-electron chi connectivity index (χ4n) is 17.8. The Balaban J connectivity index is 0.0000000948. The van der Waals surface area contributed by atoms with Gasteiger partial charge in [-0.25, -0.2) is 8.78 Å². The molecule has 6 heteroatoms. The third kappa shape index (κ3) is 11.1. The fraction of sp³-hybridized carbons (Fsp3) is 0.0577. The monoisotopic (exact) mass is 1420 g/mol. The van der Waals surface area contributed by atoms with Gasteiger partial charge < -0.3 is 18.3 Å². The number of benzene rings is 17. The molecular formula is C104H76F2N4. The molecule has 526 valence electrons. The second kappa shape index (κ2) is 27.3. The molecule has 0 atom stereocenters. The summed E-state index contributed by atoms with van der Waals surface area (Å²) in [6, 6.07) is 129. The van der Waals surface area contributed by atoms with Crippen LogP contribution in [0.5, 0.6) is 0 Å². The number of nitrogens with zero attached hydrogens (tertiary/aromatic N) is 4. The van der Waals surface area contributed by atoms with Gasteiger partial charge in [-0.2, -0.15) is 0 Å². The lowest BCUT2D eigenvalue weighted by molar-refractivity contribution is 0.627. The number of halogens is 2. The first-order valence-corrected chi connectivity index (χ1v) is 37.7. The van der Waals surface area contributed by atoms with Crippen LogP contribution in [0.3, 0.4) is 0 Å². The Labute approximate surface area is 637 Å². The molecule has 21 aromatic rings. The Kier molecular flexibility index (Phi) is 16.6. The number of fused-ring (bicyclic) bond motifs is 25. The number of hydrogen-bond donors (Lipinski definition) is 0. The molecule has 110 heavy (non-hydrogen) atoms. The molecular weight excluding hydrogens is 1340 g/mol. The summed E-state index contributed by atoms with van der Waals surface area (Å²) in [7, 11) is 2.12. The minimum Gasteiger partial charge on any atom is -0.344 e. The van der Waals surface area contributed by atoms with Crippen LogP contribution >= 0.6 is 0 Å². The number of aryl methyl sites for hydroxylation is 5. The van der Waals surface area contributed by atoms with Crippen molar-refractivity contribution in [2.75, 3.05) is 0 Å². The van der Waals surface area contributed by atoms with Crippen LogP contribution in [-0.4, -0.2) is 18.3 Å². The van der Waals surface area contributed by atoms with E-state index in [-0.39, 0.29) is 17.0 Å². The minimum absolute atomic E-state index is 0.198. The highest BCUT2D eigenvalue weighted by molar-refractivity contribution is 6.13. The molecule has 0 amide bonds. The molecule has 4 heterocycles. The first-order valence-electron chi connectivity index (χ1n) is 37.7. The van der Waals surface area contributed by atoms with Gasteiger partial charge >= 0.3 is 0 Å². The summed E-state index contributed by atoms with van der Waals surface area (Å²) in [6.45, 7) is 8.57. The molecule has 0 radical (unpaired) electrons. The molecule has 4 nitrogen and oxygen atoms in total. The van der Waals surface area contributed by atoms with E-state index in [0.29, 0.717) is 0 Å². The Morgan fingerprint density at radius 2 is 0.582 bits per heavy atom. The molecule has 0 bridgehead atoms. The van der Waals surface area contributed by atoms with Crippen LogP contribution in [0.1, 0.15) is 44.5 Å². The summed E-state index contributed by atoms with van der Waals surface area (Å²) in [5.74, 6) is -0.411. The lowest BCUT2D eigenvalue weighted by Crippen LogP contribution is -2.25. The third-order valence-electron chi connectivity index (χ3n) is 22.7. The highest BCUT2D eigenvalue weighted by atomic mass is 19.1. The van der Waals surface area contributed by atoms with Gasteiger partial charge in [0.25, 0.3) is 0 Å². The molecule has 0 fully saturated rings. The smallest absolute Gasteiger partial charge is 0.123 e. The molecule has 0 N–H and O–H groups in total. The van der Waals surface area contributed by atoms with Crippen molar-refractivity contribution in [1.82, 2.24) is 18.3 Å². The SMILES string of the molecule is Cc1cc2c(c3ccccc13)-c1ccccc1C21c2ccccc2-c2ccccc21.Cc1ccc2c(c1)c1cc(F)ccc1n2-c1ccccc1.Cc1ccc2c(c1)c1ccccc1n2-c1ccc(F)cc1.Cc1ccc2c(c1)c1ccccc1n2-c1ccc2ccccc2c1.Cn1c2ccccc2c2ccccc21. The molecule has 2 aliphatic rings. The van der Waals surface area contributed by atoms with Crippen LogP contribution in [0.25, 0.3) is 148 Å². The predicted molar refractivity (Wildman–Crippen MR) is 459 cm³/mol. The summed E-state index contributed by atoms with van der Waals surface area (Å²) < 4.78 is 35.8. The van der Waals surface area contributed by atoms with Gasteiger partial charge in [-0.3, -0.25) is 0 Å². The van der Waals surface area contributed by atoms with Crippen LogP contribution < -0.4 is 0 Å². The van der Waals surface area contributed by atoms with Gasteiger partial charge in [0, 0.05) is 78.2 Å². The highest BCUT2D eigenvalue weighted by Gasteiger charge is 2.52. The quantitative estimate of drug-likeness (QED) is 0.168. The molecule has 17 aromatic carbocycles. The van der Waals surface area contributed by atoms with E-state index < -0.39 is 0 Å². The number of aromatic nitrogens is 4. The minimum atomic E-state index is -0.242. The molecule has 0 saturated carbocycles. The Hall–Kier alpha value is -13.7. The van der Waals surface area contributed by atoms with Gasteiger partial charge in [0.05, 0.1) is 38.5 Å². The Morgan fingerprint density at radius 1 is 0.227 bits per heavy atom. The molecule has 23 rings (SSSR count). The van der Waals surface area contributed by atoms with E-state index in [2.05, 4.69) is 356 Å². The van der Waals surface area contributed by atoms with Crippen molar-refractivity contribution in [3.63, 3.8) is 0 Å². The maximum absolute atomic E-state index is 13.7. The van der Waals surface area contributed by atoms with Crippen molar-refractivity contribution in [3.05, 3.63) is 426 Å². The number of hydrogen-bond acceptors (Lipinski definition) is 0. The van der Waals surface area contributed by atoms with E-state index in [9.17, 15) is 8.78 Å². The maximum atomic E-state index is 13.7. The zero-order chi connectivity index (χ0) is 74.3. The molecule has 0 unspecified atom stereocenters. The summed E-state index contributed by atoms with van der Waals surface area (Å²) in [5, 5.41) is 15.1. The second-order valence-corrected chi connectivity index (χ2v) is 29.2. The maximum Gasteiger partial charge on any atom is 0.123 e. The fourth-order valence-corrected chi connectivity index (χ4v) is 17.8. The topological polar surface area (TPSA) is 19.7 Å². The van der Waals surface area contributed by atoms with Gasteiger partial charge in [0.2, 0.25) is 0 Å². The van der Waals surface area contributed by atoms with Crippen LogP contribution in [-0.2, 0) is 12.5 Å². The van der Waals surface area contributed by atoms with Gasteiger partial charge in [0.1, 0.15) is 11.6 Å². The average Bonchev–Trinajstić information content (AvgIpc) is 1.50. The third-order valence-corrected chi connectivity index (χ3v) is 22.7. The zero-order valence-corrected chi connectivity index (χ0v) is 61.8. The van der Waals surface area contributed by atoms with Gasteiger partial charge in [-0.1, -0.05) is 259 Å². The lowest BCUT2D eigenvalue weighted by Gasteiger charge is -2.30. The standard InChI is InChI=1S/C30H20.C23H17N.2C19H14FN.C13H11N/c1-19-18-28-29(23-13-3-2-10-20(19)23)24-14-6-9-17-27(24)30(28)25-15-7-4-11-21(25)22-12-5-8-16-26(22)30;1-16-10-13-23-21(14-16)20-8-4-5-9-22(20)24(23)19-12-11-17-6-2-3-7-18(17)15-19;1-13-6-11-19-17(12-13)16-4-2-3-5-18(16)21(19)15-9-7-14(20)8-10-15;1-13-7-9-18-16(11-13)17-12-14(20)8-10-19(17)21(18)15-5-3-2-4-6-15;1-14-12-8-4-2-6-10(12)11-7-3-5-9-13(11)14/h2-18H,1H3;2-15H,1H3;2*2-12H,1H3;2-9H,1H3.